The third kappa shape index (κ3) is 11.0. The fraction of sp³-hybridized carbons (Fsp3) is 0.500. The summed E-state index contributed by atoms with van der Waals surface area (Å²) >= 11 is 0. The second kappa shape index (κ2) is 14.9. The maximum atomic E-state index is 4.45. The van der Waals surface area contributed by atoms with E-state index in [1.165, 1.54) is 59.9 Å². The maximum Gasteiger partial charge on any atom is 0.0237 e. The van der Waals surface area contributed by atoms with Crippen molar-refractivity contribution in [1.82, 2.24) is 4.90 Å². The van der Waals surface area contributed by atoms with Crippen molar-refractivity contribution in [2.45, 2.75) is 92.7 Å². The van der Waals surface area contributed by atoms with Gasteiger partial charge in [-0.25, -0.2) is 0 Å². The van der Waals surface area contributed by atoms with E-state index in [9.17, 15) is 0 Å². The van der Waals surface area contributed by atoms with E-state index in [1.807, 2.05) is 0 Å². The molecule has 0 radical (unpaired) electrons. The summed E-state index contributed by atoms with van der Waals surface area (Å²) in [7, 11) is 0. The van der Waals surface area contributed by atoms with Gasteiger partial charge in [-0.3, -0.25) is 4.90 Å². The van der Waals surface area contributed by atoms with Crippen LogP contribution in [0.5, 0.6) is 0 Å². The number of rotatable bonds is 15. The van der Waals surface area contributed by atoms with Crippen LogP contribution < -0.4 is 0 Å². The summed E-state index contributed by atoms with van der Waals surface area (Å²) < 4.78 is 0. The van der Waals surface area contributed by atoms with Crippen molar-refractivity contribution in [3.8, 4) is 0 Å². The molecule has 0 aliphatic carbocycles. The normalized spacial score (nSPS) is 12.8. The third-order valence-corrected chi connectivity index (χ3v) is 6.63. The minimum Gasteiger partial charge on any atom is -0.295 e. The largest absolute Gasteiger partial charge is 0.295 e. The molecule has 2 aromatic carbocycles. The van der Waals surface area contributed by atoms with Gasteiger partial charge in [0.25, 0.3) is 0 Å². The Kier molecular flexibility index (Phi) is 12.3. The van der Waals surface area contributed by atoms with Gasteiger partial charge >= 0.3 is 0 Å². The van der Waals surface area contributed by atoms with Gasteiger partial charge in [-0.1, -0.05) is 117 Å². The van der Waals surface area contributed by atoms with Crippen LogP contribution in [0.3, 0.4) is 0 Å². The van der Waals surface area contributed by atoms with Crippen LogP contribution in [-0.2, 0) is 13.1 Å². The monoisotopic (exact) mass is 445 g/mol. The van der Waals surface area contributed by atoms with Crippen LogP contribution in [0.1, 0.15) is 88.0 Å². The van der Waals surface area contributed by atoms with E-state index in [0.717, 1.165) is 38.4 Å². The van der Waals surface area contributed by atoms with Crippen LogP contribution in [-0.4, -0.2) is 11.4 Å². The molecule has 0 spiro atoms. The van der Waals surface area contributed by atoms with E-state index in [2.05, 4.69) is 101 Å². The highest BCUT2D eigenvalue weighted by Crippen LogP contribution is 2.23. The minimum atomic E-state index is 0.795. The number of unbranched alkanes of at least 4 members (excludes halogenated alkanes) is 1. The van der Waals surface area contributed by atoms with Gasteiger partial charge in [-0.15, -0.1) is 0 Å². The third-order valence-electron chi connectivity index (χ3n) is 6.63. The lowest BCUT2D eigenvalue weighted by Gasteiger charge is -2.24. The number of allylic oxidation sites excluding steroid dienone is 2. The lowest BCUT2D eigenvalue weighted by Crippen LogP contribution is -2.24. The van der Waals surface area contributed by atoms with Crippen molar-refractivity contribution in [2.24, 2.45) is 5.92 Å². The Morgan fingerprint density at radius 1 is 0.939 bits per heavy atom. The van der Waals surface area contributed by atoms with E-state index in [1.54, 1.807) is 5.57 Å². The van der Waals surface area contributed by atoms with Crippen LogP contribution in [0, 0.1) is 19.8 Å². The molecule has 0 saturated carbocycles. The number of hydrogen-bond acceptors (Lipinski definition) is 1. The first-order valence-electron chi connectivity index (χ1n) is 13.0. The van der Waals surface area contributed by atoms with Gasteiger partial charge in [-0.2, -0.15) is 0 Å². The zero-order valence-electron chi connectivity index (χ0n) is 22.0. The Morgan fingerprint density at radius 3 is 2.06 bits per heavy atom. The highest BCUT2D eigenvalue weighted by atomic mass is 15.1. The number of nitrogens with zero attached hydrogens (tertiary/aromatic N) is 1. The SMILES string of the molecule is C=C(CC/C(=C\C)CC(C)CCCC)CCN(Cc1cccc(C)c1)Cc1cccc(C)c1. The second-order valence-electron chi connectivity index (χ2n) is 10.1. The molecular formula is C32H47N. The molecule has 1 heteroatoms. The molecule has 1 atom stereocenters. The van der Waals surface area contributed by atoms with Crippen molar-refractivity contribution in [1.29, 1.82) is 0 Å². The van der Waals surface area contributed by atoms with Crippen molar-refractivity contribution in [3.05, 3.63) is 94.6 Å². The molecule has 0 fully saturated rings. The Labute approximate surface area is 204 Å². The Balaban J connectivity index is 1.91. The van der Waals surface area contributed by atoms with E-state index in [0.29, 0.717) is 0 Å². The van der Waals surface area contributed by atoms with Gasteiger partial charge in [0, 0.05) is 19.6 Å². The fourth-order valence-electron chi connectivity index (χ4n) is 4.60. The first kappa shape index (κ1) is 27.1. The van der Waals surface area contributed by atoms with Crippen LogP contribution in [0.15, 0.2) is 72.3 Å². The molecule has 0 bridgehead atoms. The van der Waals surface area contributed by atoms with Gasteiger partial charge in [0.1, 0.15) is 0 Å². The molecule has 1 unspecified atom stereocenters. The van der Waals surface area contributed by atoms with Gasteiger partial charge in [0.05, 0.1) is 0 Å². The molecular weight excluding hydrogens is 398 g/mol. The highest BCUT2D eigenvalue weighted by Gasteiger charge is 2.10. The van der Waals surface area contributed by atoms with Crippen molar-refractivity contribution in [2.75, 3.05) is 6.54 Å². The predicted octanol–water partition coefficient (Wildman–Crippen LogP) is 9.19. The van der Waals surface area contributed by atoms with E-state index >= 15 is 0 Å². The lowest BCUT2D eigenvalue weighted by molar-refractivity contribution is 0.259. The topological polar surface area (TPSA) is 3.24 Å². The first-order valence-corrected chi connectivity index (χ1v) is 13.0. The smallest absolute Gasteiger partial charge is 0.0237 e. The summed E-state index contributed by atoms with van der Waals surface area (Å²) in [6.45, 7) is 18.7. The van der Waals surface area contributed by atoms with E-state index in [4.69, 9.17) is 0 Å². The summed E-state index contributed by atoms with van der Waals surface area (Å²) in [4.78, 5) is 2.58. The molecule has 0 heterocycles. The quantitative estimate of drug-likeness (QED) is 0.247. The summed E-state index contributed by atoms with van der Waals surface area (Å²) in [5.41, 5.74) is 8.44. The fourth-order valence-corrected chi connectivity index (χ4v) is 4.60. The summed E-state index contributed by atoms with van der Waals surface area (Å²) in [5, 5.41) is 0. The van der Waals surface area contributed by atoms with Crippen LogP contribution >= 0.6 is 0 Å². The molecule has 0 N–H and O–H groups in total. The van der Waals surface area contributed by atoms with Gasteiger partial charge in [-0.05, 0) is 63.5 Å². The van der Waals surface area contributed by atoms with Gasteiger partial charge < -0.3 is 0 Å². The number of aryl methyl sites for hydroxylation is 2. The molecule has 33 heavy (non-hydrogen) atoms. The molecule has 2 aromatic rings. The first-order chi connectivity index (χ1) is 15.9. The van der Waals surface area contributed by atoms with Crippen molar-refractivity contribution in [3.63, 3.8) is 0 Å². The molecule has 0 aliphatic heterocycles. The number of benzene rings is 2. The van der Waals surface area contributed by atoms with E-state index < -0.39 is 0 Å². The Morgan fingerprint density at radius 2 is 1.55 bits per heavy atom. The van der Waals surface area contributed by atoms with Crippen molar-refractivity contribution < 1.29 is 0 Å². The van der Waals surface area contributed by atoms with Gasteiger partial charge in [0.15, 0.2) is 0 Å². The second-order valence-corrected chi connectivity index (χ2v) is 10.1. The van der Waals surface area contributed by atoms with Crippen LogP contribution in [0.25, 0.3) is 0 Å². The van der Waals surface area contributed by atoms with Crippen molar-refractivity contribution >= 4 is 0 Å². The Hall–Kier alpha value is -2.12. The predicted molar refractivity (Wildman–Crippen MR) is 147 cm³/mol. The van der Waals surface area contributed by atoms with Crippen LogP contribution in [0.2, 0.25) is 0 Å². The summed E-state index contributed by atoms with van der Waals surface area (Å²) in [6.07, 6.45) is 10.9. The van der Waals surface area contributed by atoms with Gasteiger partial charge in [0.2, 0.25) is 0 Å². The molecule has 0 saturated heterocycles. The molecule has 1 nitrogen and oxygen atoms in total. The molecule has 0 amide bonds. The zero-order chi connectivity index (χ0) is 24.1. The Bertz CT molecular complexity index is 828. The maximum absolute atomic E-state index is 4.45. The average Bonchev–Trinajstić information content (AvgIpc) is 2.78. The lowest BCUT2D eigenvalue weighted by atomic mass is 9.92. The average molecular weight is 446 g/mol. The molecule has 0 aromatic heterocycles. The number of hydrogen-bond donors (Lipinski definition) is 0. The zero-order valence-corrected chi connectivity index (χ0v) is 22.0. The molecule has 180 valence electrons. The summed E-state index contributed by atoms with van der Waals surface area (Å²) in [6, 6.07) is 17.8. The van der Waals surface area contributed by atoms with E-state index in [-0.39, 0.29) is 0 Å². The molecule has 0 aliphatic rings. The highest BCUT2D eigenvalue weighted by molar-refractivity contribution is 5.24. The van der Waals surface area contributed by atoms with Crippen LogP contribution in [0.4, 0.5) is 0 Å². The minimum absolute atomic E-state index is 0.795. The summed E-state index contributed by atoms with van der Waals surface area (Å²) in [5.74, 6) is 0.795. The standard InChI is InChI=1S/C32H47N/c1-7-9-12-27(4)21-30(8-2)18-17-26(3)19-20-33(24-31-15-10-13-28(5)22-31)25-32-16-11-14-29(6)23-32/h8,10-11,13-16,22-23,27H,3,7,9,12,17-21,24-25H2,1-2,4-6H3/b30-8+. The molecule has 2 rings (SSSR count).